The first kappa shape index (κ1) is 9.16. The summed E-state index contributed by atoms with van der Waals surface area (Å²) in [6.07, 6.45) is 0. The van der Waals surface area contributed by atoms with Gasteiger partial charge in [0.1, 0.15) is 0 Å². The third-order valence-electron chi connectivity index (χ3n) is 2.09. The molecule has 1 heterocycles. The van der Waals surface area contributed by atoms with E-state index >= 15 is 0 Å². The molecular formula is C12H9OS. The summed E-state index contributed by atoms with van der Waals surface area (Å²) in [7, 11) is 0. The summed E-state index contributed by atoms with van der Waals surface area (Å²) in [5, 5.41) is 5.08. The minimum Gasteiger partial charge on any atom is -0.295 e. The number of hydrogen-bond acceptors (Lipinski definition) is 2. The lowest BCUT2D eigenvalue weighted by molar-refractivity contribution is 0.101. The van der Waals surface area contributed by atoms with Gasteiger partial charge in [-0.3, -0.25) is 4.79 Å². The Labute approximate surface area is 87.0 Å². The minimum absolute atomic E-state index is 0.105. The van der Waals surface area contributed by atoms with E-state index in [4.69, 9.17) is 0 Å². The molecule has 1 nitrogen and oxygen atoms in total. The Bertz CT molecular complexity index is 426. The predicted molar refractivity (Wildman–Crippen MR) is 58.6 cm³/mol. The fraction of sp³-hybridized carbons (Fsp3) is 0.0833. The van der Waals surface area contributed by atoms with Crippen LogP contribution in [-0.4, -0.2) is 5.78 Å². The maximum atomic E-state index is 11.0. The van der Waals surface area contributed by atoms with Gasteiger partial charge in [0.05, 0.1) is 0 Å². The van der Waals surface area contributed by atoms with Crippen molar-refractivity contribution in [2.75, 3.05) is 0 Å². The topological polar surface area (TPSA) is 17.1 Å². The normalized spacial score (nSPS) is 10.1. The molecule has 1 radical (unpaired) electrons. The highest BCUT2D eigenvalue weighted by Crippen LogP contribution is 2.21. The highest BCUT2D eigenvalue weighted by atomic mass is 32.1. The van der Waals surface area contributed by atoms with Gasteiger partial charge in [0.2, 0.25) is 0 Å². The second kappa shape index (κ2) is 3.76. The molecule has 0 bridgehead atoms. The standard InChI is InChI=1S/C12H9OS/c1-9(13)10-2-4-11(5-3-10)12-6-7-14-8-12/h2-6,8H,1H3. The Morgan fingerprint density at radius 2 is 1.93 bits per heavy atom. The molecule has 0 unspecified atom stereocenters. The second-order valence-corrected chi connectivity index (χ2v) is 3.79. The highest BCUT2D eigenvalue weighted by Gasteiger charge is 2.00. The first-order valence-electron chi connectivity index (χ1n) is 4.33. The molecule has 0 aliphatic carbocycles. The van der Waals surface area contributed by atoms with Crippen molar-refractivity contribution >= 4 is 17.1 Å². The van der Waals surface area contributed by atoms with Crippen molar-refractivity contribution < 1.29 is 4.79 Å². The molecule has 0 amide bonds. The summed E-state index contributed by atoms with van der Waals surface area (Å²) in [5.74, 6) is 0.105. The van der Waals surface area contributed by atoms with Crippen molar-refractivity contribution in [3.8, 4) is 11.1 Å². The molecule has 0 spiro atoms. The smallest absolute Gasteiger partial charge is 0.159 e. The van der Waals surface area contributed by atoms with Crippen LogP contribution in [0.4, 0.5) is 0 Å². The quantitative estimate of drug-likeness (QED) is 0.680. The van der Waals surface area contributed by atoms with Crippen molar-refractivity contribution in [1.29, 1.82) is 0 Å². The van der Waals surface area contributed by atoms with Gasteiger partial charge in [-0.25, -0.2) is 0 Å². The van der Waals surface area contributed by atoms with Crippen LogP contribution in [0.3, 0.4) is 0 Å². The van der Waals surface area contributed by atoms with Crippen LogP contribution in [0, 0.1) is 5.38 Å². The number of hydrogen-bond donors (Lipinski definition) is 0. The molecule has 2 rings (SSSR count). The summed E-state index contributed by atoms with van der Waals surface area (Å²) in [4.78, 5) is 11.0. The highest BCUT2D eigenvalue weighted by molar-refractivity contribution is 7.07. The predicted octanol–water partition coefficient (Wildman–Crippen LogP) is 3.42. The number of thiophene rings is 1. The van der Waals surface area contributed by atoms with Crippen LogP contribution >= 0.6 is 11.3 Å². The summed E-state index contributed by atoms with van der Waals surface area (Å²) in [6.45, 7) is 1.58. The second-order valence-electron chi connectivity index (χ2n) is 3.09. The van der Waals surface area contributed by atoms with Crippen molar-refractivity contribution in [3.63, 3.8) is 0 Å². The van der Waals surface area contributed by atoms with Crippen molar-refractivity contribution in [2.24, 2.45) is 0 Å². The molecule has 0 saturated heterocycles. The van der Waals surface area contributed by atoms with Gasteiger partial charge in [0, 0.05) is 10.9 Å². The van der Waals surface area contributed by atoms with Crippen LogP contribution in [0.15, 0.2) is 35.7 Å². The van der Waals surface area contributed by atoms with Crippen LogP contribution in [0.5, 0.6) is 0 Å². The van der Waals surface area contributed by atoms with Crippen LogP contribution < -0.4 is 0 Å². The monoisotopic (exact) mass is 201 g/mol. The van der Waals surface area contributed by atoms with E-state index in [9.17, 15) is 4.79 Å². The number of rotatable bonds is 2. The first-order chi connectivity index (χ1) is 6.77. The van der Waals surface area contributed by atoms with E-state index < -0.39 is 0 Å². The zero-order valence-corrected chi connectivity index (χ0v) is 8.60. The Morgan fingerprint density at radius 3 is 2.43 bits per heavy atom. The van der Waals surface area contributed by atoms with Gasteiger partial charge in [-0.2, -0.15) is 0 Å². The summed E-state index contributed by atoms with van der Waals surface area (Å²) < 4.78 is 0. The number of carbonyl (C=O) groups excluding carboxylic acids is 1. The Balaban J connectivity index is 2.36. The van der Waals surface area contributed by atoms with E-state index in [1.54, 1.807) is 18.3 Å². The van der Waals surface area contributed by atoms with E-state index in [0.717, 1.165) is 16.7 Å². The number of carbonyl (C=O) groups is 1. The van der Waals surface area contributed by atoms with Crippen molar-refractivity contribution in [3.05, 3.63) is 46.7 Å². The Kier molecular flexibility index (Phi) is 2.46. The van der Waals surface area contributed by atoms with Gasteiger partial charge >= 0.3 is 0 Å². The maximum absolute atomic E-state index is 11.0. The van der Waals surface area contributed by atoms with Gasteiger partial charge < -0.3 is 0 Å². The van der Waals surface area contributed by atoms with E-state index in [-0.39, 0.29) is 5.78 Å². The van der Waals surface area contributed by atoms with Gasteiger partial charge in [-0.15, -0.1) is 11.3 Å². The lowest BCUT2D eigenvalue weighted by Crippen LogP contribution is -1.90. The molecule has 2 heteroatoms. The molecule has 0 aliphatic heterocycles. The lowest BCUT2D eigenvalue weighted by Gasteiger charge is -1.98. The molecule has 0 N–H and O–H groups in total. The van der Waals surface area contributed by atoms with Crippen molar-refractivity contribution in [1.82, 2.24) is 0 Å². The molecule has 0 saturated carbocycles. The molecule has 2 aromatic rings. The average molecular weight is 201 g/mol. The summed E-state index contributed by atoms with van der Waals surface area (Å²) in [6, 6.07) is 9.59. The average Bonchev–Trinajstić information content (AvgIpc) is 2.71. The van der Waals surface area contributed by atoms with E-state index in [2.05, 4.69) is 5.38 Å². The van der Waals surface area contributed by atoms with Crippen LogP contribution in [0.1, 0.15) is 17.3 Å². The number of Topliss-reactive ketones (excluding diaryl/α,β-unsaturated/α-hetero) is 1. The molecule has 1 aromatic carbocycles. The van der Waals surface area contributed by atoms with Gasteiger partial charge in [-0.1, -0.05) is 24.3 Å². The van der Waals surface area contributed by atoms with Gasteiger partial charge in [0.25, 0.3) is 0 Å². The maximum Gasteiger partial charge on any atom is 0.159 e. The van der Waals surface area contributed by atoms with E-state index in [0.29, 0.717) is 0 Å². The van der Waals surface area contributed by atoms with Crippen LogP contribution in [0.2, 0.25) is 0 Å². The van der Waals surface area contributed by atoms with E-state index in [1.807, 2.05) is 35.7 Å². The summed E-state index contributed by atoms with van der Waals surface area (Å²) >= 11 is 1.55. The number of ketones is 1. The van der Waals surface area contributed by atoms with Crippen molar-refractivity contribution in [2.45, 2.75) is 6.92 Å². The Hall–Kier alpha value is -1.41. The van der Waals surface area contributed by atoms with Crippen LogP contribution in [-0.2, 0) is 0 Å². The number of benzene rings is 1. The first-order valence-corrected chi connectivity index (χ1v) is 5.21. The van der Waals surface area contributed by atoms with E-state index in [1.165, 1.54) is 0 Å². The molecule has 0 aliphatic rings. The third kappa shape index (κ3) is 1.75. The van der Waals surface area contributed by atoms with Gasteiger partial charge in [-0.05, 0) is 29.5 Å². The molecule has 0 atom stereocenters. The molecule has 0 fully saturated rings. The zero-order chi connectivity index (χ0) is 9.97. The Morgan fingerprint density at radius 1 is 1.21 bits per heavy atom. The largest absolute Gasteiger partial charge is 0.295 e. The van der Waals surface area contributed by atoms with Crippen LogP contribution in [0.25, 0.3) is 11.1 Å². The minimum atomic E-state index is 0.105. The summed E-state index contributed by atoms with van der Waals surface area (Å²) in [5.41, 5.74) is 3.05. The van der Waals surface area contributed by atoms with Gasteiger partial charge in [0.15, 0.2) is 5.78 Å². The fourth-order valence-corrected chi connectivity index (χ4v) is 1.87. The zero-order valence-electron chi connectivity index (χ0n) is 7.78. The fourth-order valence-electron chi connectivity index (χ4n) is 1.28. The third-order valence-corrected chi connectivity index (χ3v) is 2.72. The molecule has 69 valence electrons. The lowest BCUT2D eigenvalue weighted by atomic mass is 10.1. The molecular weight excluding hydrogens is 192 g/mol. The molecule has 1 aromatic heterocycles. The SMILES string of the molecule is CC(=O)c1ccc(-c2c[c]sc2)cc1. The molecule has 14 heavy (non-hydrogen) atoms.